The van der Waals surface area contributed by atoms with Crippen molar-refractivity contribution in [3.8, 4) is 0 Å². The number of carbonyl (C=O) groups excluding carboxylic acids is 1. The number of anilines is 3. The molecule has 8 nitrogen and oxygen atoms in total. The molecule has 0 unspecified atom stereocenters. The highest BCUT2D eigenvalue weighted by atomic mass is 19.4. The van der Waals surface area contributed by atoms with Gasteiger partial charge in [0.25, 0.3) is 0 Å². The summed E-state index contributed by atoms with van der Waals surface area (Å²) >= 11 is 0. The van der Waals surface area contributed by atoms with Crippen LogP contribution in [0, 0.1) is 5.92 Å². The van der Waals surface area contributed by atoms with Crippen LogP contribution in [0.5, 0.6) is 0 Å². The van der Waals surface area contributed by atoms with Gasteiger partial charge in [-0.25, -0.2) is 4.98 Å². The molecule has 196 valence electrons. The molecular formula is C26H30F3N7O. The largest absolute Gasteiger partial charge is 0.416 e. The van der Waals surface area contributed by atoms with Crippen LogP contribution in [0.3, 0.4) is 0 Å². The number of nitrogens with one attached hydrogen (secondary N) is 3. The van der Waals surface area contributed by atoms with Crippen molar-refractivity contribution in [1.82, 2.24) is 25.5 Å². The van der Waals surface area contributed by atoms with E-state index in [9.17, 15) is 18.0 Å². The summed E-state index contributed by atoms with van der Waals surface area (Å²) in [4.78, 5) is 23.8. The van der Waals surface area contributed by atoms with E-state index in [1.807, 2.05) is 18.0 Å². The summed E-state index contributed by atoms with van der Waals surface area (Å²) in [5.74, 6) is 2.29. The molecule has 2 heterocycles. The van der Waals surface area contributed by atoms with Gasteiger partial charge in [0.15, 0.2) is 5.82 Å². The van der Waals surface area contributed by atoms with E-state index in [2.05, 4.69) is 30.8 Å². The highest BCUT2D eigenvalue weighted by molar-refractivity contribution is 5.78. The maximum atomic E-state index is 12.9. The molecule has 0 saturated heterocycles. The lowest BCUT2D eigenvalue weighted by Crippen LogP contribution is -2.40. The Morgan fingerprint density at radius 2 is 1.86 bits per heavy atom. The molecule has 3 N–H and O–H groups in total. The molecule has 11 heteroatoms. The number of nitrogens with zero attached hydrogens (tertiary/aromatic N) is 4. The van der Waals surface area contributed by atoms with Crippen molar-refractivity contribution in [3.05, 3.63) is 59.4 Å². The van der Waals surface area contributed by atoms with E-state index in [0.29, 0.717) is 36.1 Å². The van der Waals surface area contributed by atoms with Crippen molar-refractivity contribution in [1.29, 1.82) is 0 Å². The Hall–Kier alpha value is -3.63. The number of aromatic nitrogens is 4. The minimum atomic E-state index is -4.40. The Bertz CT molecular complexity index is 1230. The summed E-state index contributed by atoms with van der Waals surface area (Å²) < 4.78 is 38.8. The van der Waals surface area contributed by atoms with E-state index >= 15 is 0 Å². The Balaban J connectivity index is 1.11. The molecule has 37 heavy (non-hydrogen) atoms. The fourth-order valence-corrected chi connectivity index (χ4v) is 4.80. The Morgan fingerprint density at radius 3 is 2.59 bits per heavy atom. The molecule has 1 amide bonds. The lowest BCUT2D eigenvalue weighted by molar-refractivity contribution is -0.137. The summed E-state index contributed by atoms with van der Waals surface area (Å²) in [6.07, 6.45) is 2.68. The lowest BCUT2D eigenvalue weighted by atomic mass is 9.85. The quantitative estimate of drug-likeness (QED) is 0.385. The van der Waals surface area contributed by atoms with Crippen LogP contribution < -0.4 is 15.5 Å². The highest BCUT2D eigenvalue weighted by Crippen LogP contribution is 2.39. The fraction of sp³-hybridized carbons (Fsp3) is 0.462. The molecule has 0 bridgehead atoms. The third-order valence-electron chi connectivity index (χ3n) is 7.17. The minimum Gasteiger partial charge on any atom is -0.352 e. The van der Waals surface area contributed by atoms with Gasteiger partial charge in [-0.1, -0.05) is 12.1 Å². The van der Waals surface area contributed by atoms with Gasteiger partial charge in [0, 0.05) is 49.4 Å². The molecule has 1 aromatic carbocycles. The summed E-state index contributed by atoms with van der Waals surface area (Å²) in [6, 6.07) is 9.06. The number of alkyl halides is 3. The van der Waals surface area contributed by atoms with Gasteiger partial charge >= 0.3 is 6.18 Å². The first kappa shape index (κ1) is 25.0. The van der Waals surface area contributed by atoms with Crippen molar-refractivity contribution in [2.75, 3.05) is 17.3 Å². The number of H-pyrrole nitrogens is 1. The number of aromatic amines is 1. The van der Waals surface area contributed by atoms with Gasteiger partial charge in [0.1, 0.15) is 5.82 Å². The first-order valence-electron chi connectivity index (χ1n) is 12.6. The molecule has 5 rings (SSSR count). The standard InChI is InChI=1S/C26H30F3N7O/c1-36(25-30-12-11-22(33-25)32-23-14-21(34-35-23)17-5-6-17)20-9-7-18(8-10-20)24(37)31-15-16-3-2-4-19(13-16)26(27,28)29/h2-4,11-14,17-18,20H,5-10,15H2,1H3,(H,31,37)(H2,30,32,33,34,35)/t18-,20-. The van der Waals surface area contributed by atoms with Crippen LogP contribution in [0.25, 0.3) is 0 Å². The van der Waals surface area contributed by atoms with E-state index < -0.39 is 11.7 Å². The summed E-state index contributed by atoms with van der Waals surface area (Å²) in [5.41, 5.74) is 0.863. The molecule has 2 fully saturated rings. The van der Waals surface area contributed by atoms with E-state index in [1.165, 1.54) is 18.9 Å². The van der Waals surface area contributed by atoms with Gasteiger partial charge in [-0.3, -0.25) is 9.89 Å². The average Bonchev–Trinajstić information content (AvgIpc) is 3.65. The van der Waals surface area contributed by atoms with Gasteiger partial charge in [-0.15, -0.1) is 0 Å². The van der Waals surface area contributed by atoms with Gasteiger partial charge in [-0.2, -0.15) is 23.3 Å². The van der Waals surface area contributed by atoms with Crippen LogP contribution in [0.15, 0.2) is 42.6 Å². The number of benzene rings is 1. The average molecular weight is 514 g/mol. The number of halogens is 3. The first-order valence-corrected chi connectivity index (χ1v) is 12.6. The molecule has 2 saturated carbocycles. The zero-order valence-electron chi connectivity index (χ0n) is 20.6. The first-order chi connectivity index (χ1) is 17.8. The van der Waals surface area contributed by atoms with E-state index in [4.69, 9.17) is 0 Å². The smallest absolute Gasteiger partial charge is 0.352 e. The van der Waals surface area contributed by atoms with Gasteiger partial charge < -0.3 is 15.5 Å². The van der Waals surface area contributed by atoms with Crippen molar-refractivity contribution in [2.24, 2.45) is 5.92 Å². The van der Waals surface area contributed by atoms with Crippen molar-refractivity contribution in [3.63, 3.8) is 0 Å². The van der Waals surface area contributed by atoms with Crippen LogP contribution in [0.2, 0.25) is 0 Å². The lowest BCUT2D eigenvalue weighted by Gasteiger charge is -2.34. The molecule has 0 atom stereocenters. The number of amides is 1. The predicted molar refractivity (Wildman–Crippen MR) is 133 cm³/mol. The topological polar surface area (TPSA) is 98.8 Å². The zero-order valence-corrected chi connectivity index (χ0v) is 20.6. The molecular weight excluding hydrogens is 483 g/mol. The summed E-state index contributed by atoms with van der Waals surface area (Å²) in [5, 5.41) is 13.4. The fourth-order valence-electron chi connectivity index (χ4n) is 4.80. The van der Waals surface area contributed by atoms with Crippen LogP contribution in [-0.2, 0) is 17.5 Å². The zero-order chi connectivity index (χ0) is 26.0. The van der Waals surface area contributed by atoms with Crippen LogP contribution >= 0.6 is 0 Å². The normalized spacial score (nSPS) is 19.9. The SMILES string of the molecule is CN(c1nccc(Nc2cc(C3CC3)[nH]n2)n1)[C@H]1CC[C@H](C(=O)NCc2cccc(C(F)(F)F)c2)CC1. The number of carbonyl (C=O) groups is 1. The van der Waals surface area contributed by atoms with Crippen LogP contribution in [0.4, 0.5) is 30.8 Å². The van der Waals surface area contributed by atoms with E-state index in [-0.39, 0.29) is 24.4 Å². The predicted octanol–water partition coefficient (Wildman–Crippen LogP) is 5.15. The Morgan fingerprint density at radius 1 is 1.08 bits per heavy atom. The number of hydrogen-bond acceptors (Lipinski definition) is 6. The summed E-state index contributed by atoms with van der Waals surface area (Å²) in [7, 11) is 1.96. The van der Waals surface area contributed by atoms with Gasteiger partial charge in [0.05, 0.1) is 5.56 Å². The Labute approximate surface area is 213 Å². The van der Waals surface area contributed by atoms with Gasteiger partial charge in [0.2, 0.25) is 11.9 Å². The number of rotatable bonds is 8. The molecule has 0 aliphatic heterocycles. The third-order valence-corrected chi connectivity index (χ3v) is 7.17. The molecule has 2 aromatic heterocycles. The van der Waals surface area contributed by atoms with Crippen molar-refractivity contribution < 1.29 is 18.0 Å². The van der Waals surface area contributed by atoms with Crippen LogP contribution in [0.1, 0.15) is 61.3 Å². The van der Waals surface area contributed by atoms with E-state index in [0.717, 1.165) is 36.5 Å². The molecule has 2 aliphatic carbocycles. The molecule has 0 radical (unpaired) electrons. The molecule has 2 aliphatic rings. The monoisotopic (exact) mass is 513 g/mol. The maximum Gasteiger partial charge on any atom is 0.416 e. The second kappa shape index (κ2) is 10.4. The van der Waals surface area contributed by atoms with Crippen molar-refractivity contribution in [2.45, 2.75) is 63.2 Å². The van der Waals surface area contributed by atoms with Gasteiger partial charge in [-0.05, 0) is 62.3 Å². The minimum absolute atomic E-state index is 0.0777. The van der Waals surface area contributed by atoms with E-state index in [1.54, 1.807) is 18.3 Å². The molecule has 0 spiro atoms. The highest BCUT2D eigenvalue weighted by Gasteiger charge is 2.31. The second-order valence-electron chi connectivity index (χ2n) is 9.88. The Kier molecular flexibility index (Phi) is 7.03. The third kappa shape index (κ3) is 6.20. The second-order valence-corrected chi connectivity index (χ2v) is 9.88. The van der Waals surface area contributed by atoms with Crippen LogP contribution in [-0.4, -0.2) is 39.2 Å². The maximum absolute atomic E-state index is 12.9. The molecule has 3 aromatic rings. The summed E-state index contributed by atoms with van der Waals surface area (Å²) in [6.45, 7) is 0.0777. The van der Waals surface area contributed by atoms with Crippen molar-refractivity contribution >= 4 is 23.5 Å². The number of hydrogen-bond donors (Lipinski definition) is 3.